The van der Waals surface area contributed by atoms with Crippen LogP contribution in [0.1, 0.15) is 90.9 Å². The average Bonchev–Trinajstić information content (AvgIpc) is 2.53. The van der Waals surface area contributed by atoms with Crippen LogP contribution in [0.3, 0.4) is 0 Å². The summed E-state index contributed by atoms with van der Waals surface area (Å²) in [6.45, 7) is 4.21. The molecule has 0 fully saturated rings. The molecule has 0 bridgehead atoms. The minimum Gasteiger partial charge on any atom is -0.550 e. The average molecular weight is 404 g/mol. The van der Waals surface area contributed by atoms with Crippen molar-refractivity contribution >= 4 is 11.9 Å². The maximum Gasteiger partial charge on any atom is 2.00 e. The topological polar surface area (TPSA) is 80.3 Å². The Bertz CT molecular complexity index is 318. The Hall–Kier alpha value is -0.957. The second-order valence-electron chi connectivity index (χ2n) is 5.70. The summed E-state index contributed by atoms with van der Waals surface area (Å²) in [6.07, 6.45) is 19.0. The molecule has 0 amide bonds. The zero-order valence-electron chi connectivity index (χ0n) is 16.1. The summed E-state index contributed by atoms with van der Waals surface area (Å²) >= 11 is 0. The van der Waals surface area contributed by atoms with Crippen LogP contribution in [0.25, 0.3) is 0 Å². The number of aliphatic carboxylic acids is 2. The third-order valence-electron chi connectivity index (χ3n) is 3.31. The SMILES string of the molecule is CCC=CCCCCCC(=O)[O-].CCC=CCCCCCC(=O)[O-].[Zn+2]. The van der Waals surface area contributed by atoms with Crippen LogP contribution in [0.15, 0.2) is 24.3 Å². The van der Waals surface area contributed by atoms with Crippen LogP contribution in [-0.4, -0.2) is 11.9 Å². The van der Waals surface area contributed by atoms with Gasteiger partial charge in [0.15, 0.2) is 0 Å². The van der Waals surface area contributed by atoms with E-state index in [0.717, 1.165) is 64.2 Å². The maximum atomic E-state index is 10.0. The van der Waals surface area contributed by atoms with E-state index in [1.807, 2.05) is 0 Å². The molecule has 0 radical (unpaired) electrons. The van der Waals surface area contributed by atoms with Gasteiger partial charge in [-0.05, 0) is 64.2 Å². The molecule has 0 N–H and O–H groups in total. The van der Waals surface area contributed by atoms with Crippen molar-refractivity contribution < 1.29 is 39.3 Å². The van der Waals surface area contributed by atoms with Crippen LogP contribution in [0.4, 0.5) is 0 Å². The predicted molar refractivity (Wildman–Crippen MR) is 95.0 cm³/mol. The largest absolute Gasteiger partial charge is 2.00 e. The van der Waals surface area contributed by atoms with Gasteiger partial charge >= 0.3 is 19.5 Å². The summed E-state index contributed by atoms with van der Waals surface area (Å²) in [7, 11) is 0. The zero-order valence-corrected chi connectivity index (χ0v) is 19.1. The number of rotatable bonds is 14. The van der Waals surface area contributed by atoms with Crippen LogP contribution in [-0.2, 0) is 29.1 Å². The van der Waals surface area contributed by atoms with E-state index in [1.54, 1.807) is 0 Å². The Morgan fingerprint density at radius 3 is 1.28 bits per heavy atom. The molecule has 5 heteroatoms. The Kier molecular flexibility index (Phi) is 29.2. The summed E-state index contributed by atoms with van der Waals surface area (Å²) in [5.74, 6) is -1.86. The van der Waals surface area contributed by atoms with E-state index >= 15 is 0 Å². The first kappa shape index (κ1) is 28.8. The summed E-state index contributed by atoms with van der Waals surface area (Å²) in [4.78, 5) is 20.0. The van der Waals surface area contributed by atoms with Crippen LogP contribution in [0, 0.1) is 0 Å². The van der Waals surface area contributed by atoms with E-state index in [9.17, 15) is 19.8 Å². The van der Waals surface area contributed by atoms with E-state index in [1.165, 1.54) is 0 Å². The fraction of sp³-hybridized carbons (Fsp3) is 0.700. The summed E-state index contributed by atoms with van der Waals surface area (Å²) in [5.41, 5.74) is 0. The molecule has 140 valence electrons. The fourth-order valence-electron chi connectivity index (χ4n) is 1.99. The molecular formula is C20H34O4Zn. The zero-order chi connectivity index (χ0) is 18.5. The summed E-state index contributed by atoms with van der Waals surface area (Å²) in [5, 5.41) is 20.0. The molecule has 0 saturated heterocycles. The van der Waals surface area contributed by atoms with Crippen molar-refractivity contribution in [3.05, 3.63) is 24.3 Å². The molecule has 0 aromatic rings. The van der Waals surface area contributed by atoms with Crippen molar-refractivity contribution in [3.63, 3.8) is 0 Å². The second kappa shape index (κ2) is 25.3. The quantitative estimate of drug-likeness (QED) is 0.253. The van der Waals surface area contributed by atoms with Crippen LogP contribution >= 0.6 is 0 Å². The molecular weight excluding hydrogens is 370 g/mol. The number of hydrogen-bond acceptors (Lipinski definition) is 4. The molecule has 0 aliphatic rings. The third kappa shape index (κ3) is 35.1. The number of allylic oxidation sites excluding steroid dienone is 4. The first-order chi connectivity index (χ1) is 11.5. The summed E-state index contributed by atoms with van der Waals surface area (Å²) in [6, 6.07) is 0. The molecule has 0 unspecified atom stereocenters. The van der Waals surface area contributed by atoms with Gasteiger partial charge in [-0.1, -0.05) is 51.0 Å². The van der Waals surface area contributed by atoms with Gasteiger partial charge in [-0.25, -0.2) is 0 Å². The van der Waals surface area contributed by atoms with Gasteiger partial charge in [0.05, 0.1) is 0 Å². The second-order valence-corrected chi connectivity index (χ2v) is 5.70. The van der Waals surface area contributed by atoms with Gasteiger partial charge in [-0.15, -0.1) is 0 Å². The van der Waals surface area contributed by atoms with E-state index in [0.29, 0.717) is 0 Å². The van der Waals surface area contributed by atoms with Crippen LogP contribution in [0.2, 0.25) is 0 Å². The van der Waals surface area contributed by atoms with Crippen molar-refractivity contribution in [3.8, 4) is 0 Å². The van der Waals surface area contributed by atoms with Gasteiger partial charge in [-0.2, -0.15) is 0 Å². The normalized spacial score (nSPS) is 10.3. The Balaban J connectivity index is -0.000000372. The molecule has 0 aromatic carbocycles. The summed E-state index contributed by atoms with van der Waals surface area (Å²) < 4.78 is 0. The minimum absolute atomic E-state index is 0. The molecule has 4 nitrogen and oxygen atoms in total. The van der Waals surface area contributed by atoms with Crippen LogP contribution in [0.5, 0.6) is 0 Å². The number of carbonyl (C=O) groups excluding carboxylic acids is 2. The molecule has 0 aliphatic carbocycles. The number of carboxylic acids is 2. The fourth-order valence-corrected chi connectivity index (χ4v) is 1.99. The van der Waals surface area contributed by atoms with Crippen molar-refractivity contribution in [1.29, 1.82) is 0 Å². The van der Waals surface area contributed by atoms with Gasteiger partial charge < -0.3 is 19.8 Å². The van der Waals surface area contributed by atoms with Crippen LogP contribution < -0.4 is 10.2 Å². The Morgan fingerprint density at radius 2 is 1.00 bits per heavy atom. The van der Waals surface area contributed by atoms with Crippen molar-refractivity contribution in [2.45, 2.75) is 90.9 Å². The van der Waals surface area contributed by atoms with Gasteiger partial charge in [0.25, 0.3) is 0 Å². The predicted octanol–water partition coefficient (Wildman–Crippen LogP) is 3.30. The molecule has 0 aromatic heterocycles. The van der Waals surface area contributed by atoms with Crippen molar-refractivity contribution in [2.75, 3.05) is 0 Å². The monoisotopic (exact) mass is 402 g/mol. The van der Waals surface area contributed by atoms with E-state index in [4.69, 9.17) is 0 Å². The van der Waals surface area contributed by atoms with E-state index in [2.05, 4.69) is 38.2 Å². The first-order valence-corrected chi connectivity index (χ1v) is 9.24. The smallest absolute Gasteiger partial charge is 0.550 e. The number of hydrogen-bond donors (Lipinski definition) is 0. The molecule has 0 saturated carbocycles. The van der Waals surface area contributed by atoms with E-state index < -0.39 is 11.9 Å². The third-order valence-corrected chi connectivity index (χ3v) is 3.31. The molecule has 0 aliphatic heterocycles. The van der Waals surface area contributed by atoms with Gasteiger partial charge in [0.2, 0.25) is 0 Å². The van der Waals surface area contributed by atoms with E-state index in [-0.39, 0.29) is 32.3 Å². The minimum atomic E-state index is -0.931. The number of carboxylic acid groups (broad SMARTS) is 2. The number of unbranched alkanes of at least 4 members (excludes halogenated alkanes) is 6. The first-order valence-electron chi connectivity index (χ1n) is 9.24. The Morgan fingerprint density at radius 1 is 0.640 bits per heavy atom. The van der Waals surface area contributed by atoms with Gasteiger partial charge in [-0.3, -0.25) is 0 Å². The standard InChI is InChI=1S/2C10H18O2.Zn/c2*1-2-3-4-5-6-7-8-9-10(11)12;/h2*3-4H,2,5-9H2,1H3,(H,11,12);/q;;+2/p-2. The molecule has 0 rings (SSSR count). The number of carbonyl (C=O) groups is 2. The van der Waals surface area contributed by atoms with Crippen molar-refractivity contribution in [1.82, 2.24) is 0 Å². The maximum absolute atomic E-state index is 10.0. The molecule has 0 spiro atoms. The van der Waals surface area contributed by atoms with Crippen molar-refractivity contribution in [2.24, 2.45) is 0 Å². The molecule has 0 atom stereocenters. The molecule has 25 heavy (non-hydrogen) atoms. The van der Waals surface area contributed by atoms with Gasteiger partial charge in [0, 0.05) is 11.9 Å². The molecule has 0 heterocycles. The Labute approximate surface area is 166 Å². The van der Waals surface area contributed by atoms with Gasteiger partial charge in [0.1, 0.15) is 0 Å².